The Morgan fingerprint density at radius 1 is 0.516 bits per heavy atom. The van der Waals surface area contributed by atoms with Crippen molar-refractivity contribution in [2.75, 3.05) is 0 Å². The molecule has 0 fully saturated rings. The molecule has 2 aromatic carbocycles. The minimum absolute atomic E-state index is 0. The number of hydrogen-bond donors (Lipinski definition) is 0. The second kappa shape index (κ2) is 15.0. The molecule has 0 saturated heterocycles. The van der Waals surface area contributed by atoms with Crippen LogP contribution in [0.5, 0.6) is 0 Å². The van der Waals surface area contributed by atoms with E-state index in [2.05, 4.69) is 111 Å². The van der Waals surface area contributed by atoms with E-state index in [4.69, 9.17) is 0 Å². The molecule has 31 heavy (non-hydrogen) atoms. The maximum Gasteiger partial charge on any atom is 4.00 e. The second-order valence-electron chi connectivity index (χ2n) is 7.30. The van der Waals surface area contributed by atoms with E-state index in [-0.39, 0.29) is 67.8 Å². The van der Waals surface area contributed by atoms with Crippen LogP contribution in [0.15, 0.2) is 85.0 Å². The van der Waals surface area contributed by atoms with Crippen LogP contribution in [-0.4, -0.2) is 27.2 Å². The van der Waals surface area contributed by atoms with E-state index < -0.39 is 0 Å². The fourth-order valence-electron chi connectivity index (χ4n) is 2.95. The first-order valence-electron chi connectivity index (χ1n) is 9.64. The Balaban J connectivity index is 0.000000529. The molecule has 156 valence electrons. The fourth-order valence-corrected chi connectivity index (χ4v) is 4.55. The molecule has 2 aliphatic carbocycles. The molecule has 0 aliphatic heterocycles. The number of halogens is 2. The third-order valence-corrected chi connectivity index (χ3v) is 7.36. The van der Waals surface area contributed by atoms with Gasteiger partial charge in [0.15, 0.2) is 0 Å². The average molecular weight is 557 g/mol. The van der Waals surface area contributed by atoms with E-state index >= 15 is 0 Å². The maximum atomic E-state index is 3.47. The smallest absolute Gasteiger partial charge is 1.00 e. The summed E-state index contributed by atoms with van der Waals surface area (Å²) in [6.45, 7) is 9.19. The quantitative estimate of drug-likeness (QED) is 0.359. The molecule has 5 heteroatoms. The number of hydrogen-bond acceptors (Lipinski definition) is 0. The van der Waals surface area contributed by atoms with Gasteiger partial charge in [-0.05, 0) is 16.8 Å². The molecule has 0 radical (unpaired) electrons. The molecule has 0 heterocycles. The molecule has 2 aromatic rings. The van der Waals surface area contributed by atoms with E-state index in [1.165, 1.54) is 32.6 Å². The summed E-state index contributed by atoms with van der Waals surface area (Å²) >= 11 is 0. The van der Waals surface area contributed by atoms with Crippen LogP contribution >= 0.6 is 0 Å². The van der Waals surface area contributed by atoms with Gasteiger partial charge in [0.2, 0.25) is 0 Å². The predicted molar refractivity (Wildman–Crippen MR) is 129 cm³/mol. The van der Waals surface area contributed by atoms with Gasteiger partial charge in [-0.25, -0.2) is 0 Å². The van der Waals surface area contributed by atoms with Crippen LogP contribution < -0.4 is 24.8 Å². The van der Waals surface area contributed by atoms with Crippen molar-refractivity contribution < 1.29 is 51.0 Å². The molecular formula is C26H26Cl2Si2Zr. The molecule has 0 atom stereocenters. The summed E-state index contributed by atoms with van der Waals surface area (Å²) in [5.74, 6) is 0. The van der Waals surface area contributed by atoms with Crippen molar-refractivity contribution >= 4 is 38.3 Å². The zero-order chi connectivity index (χ0) is 19.9. The summed E-state index contributed by atoms with van der Waals surface area (Å²) in [7, 11) is -0.708. The third kappa shape index (κ3) is 8.83. The number of rotatable bonds is 2. The topological polar surface area (TPSA) is 0 Å². The molecule has 0 amide bonds. The average Bonchev–Trinajstić information content (AvgIpc) is 3.40. The van der Waals surface area contributed by atoms with Crippen LogP contribution in [0.2, 0.25) is 26.2 Å². The first-order valence-corrected chi connectivity index (χ1v) is 14.6. The van der Waals surface area contributed by atoms with Crippen LogP contribution in [0.4, 0.5) is 0 Å². The monoisotopic (exact) mass is 554 g/mol. The molecule has 0 nitrogen and oxygen atoms in total. The molecule has 0 spiro atoms. The number of benzene rings is 2. The molecule has 0 saturated carbocycles. The van der Waals surface area contributed by atoms with Gasteiger partial charge >= 0.3 is 26.2 Å². The maximum absolute atomic E-state index is 3.47. The first kappa shape index (κ1) is 30.0. The first-order chi connectivity index (χ1) is 13.5. The molecule has 0 unspecified atom stereocenters. The van der Waals surface area contributed by atoms with Gasteiger partial charge in [0.25, 0.3) is 0 Å². The Morgan fingerprint density at radius 3 is 1.10 bits per heavy atom. The molecule has 2 aliphatic rings. The molecule has 0 aromatic heterocycles. The molecule has 0 bridgehead atoms. The van der Waals surface area contributed by atoms with Crippen LogP contribution in [0.25, 0.3) is 11.1 Å². The Kier molecular flexibility index (Phi) is 14.5. The summed E-state index contributed by atoms with van der Waals surface area (Å²) < 4.78 is 0. The van der Waals surface area contributed by atoms with Gasteiger partial charge in [-0.15, -0.1) is 33.6 Å². The number of allylic oxidation sites excluding steroid dienone is 8. The fraction of sp³-hybridized carbons (Fsp3) is 0.154. The summed E-state index contributed by atoms with van der Waals surface area (Å²) in [5, 5.41) is 2.79. The van der Waals surface area contributed by atoms with Crippen molar-refractivity contribution in [3.63, 3.8) is 0 Å². The minimum atomic E-state index is -0.354. The van der Waals surface area contributed by atoms with E-state index in [1.807, 2.05) is 12.1 Å². The Hall–Kier alpha value is -0.963. The van der Waals surface area contributed by atoms with Crippen LogP contribution in [0.1, 0.15) is 11.1 Å². The van der Waals surface area contributed by atoms with Gasteiger partial charge in [0.05, 0.1) is 0 Å². The SMILES string of the molecule is C[Si](C)=C1[C-]=C(c2ccccc2)C=C1.C[Si](C)=C1[C-]=C(c2ccccc2)C=C1.[Cl-].[Cl-].[Zr+4]. The molecule has 0 N–H and O–H groups in total. The second-order valence-corrected chi connectivity index (χ2v) is 12.4. The van der Waals surface area contributed by atoms with Crippen LogP contribution in [0, 0.1) is 12.2 Å². The zero-order valence-corrected chi connectivity index (χ0v) is 24.3. The van der Waals surface area contributed by atoms with Crippen molar-refractivity contribution in [1.29, 1.82) is 0 Å². The van der Waals surface area contributed by atoms with Crippen LogP contribution in [0.3, 0.4) is 0 Å². The Morgan fingerprint density at radius 2 is 0.839 bits per heavy atom. The van der Waals surface area contributed by atoms with Gasteiger partial charge in [-0.2, -0.15) is 35.5 Å². The Bertz CT molecular complexity index is 938. The van der Waals surface area contributed by atoms with Gasteiger partial charge in [0.1, 0.15) is 0 Å². The van der Waals surface area contributed by atoms with Crippen molar-refractivity contribution in [2.24, 2.45) is 0 Å². The van der Waals surface area contributed by atoms with Crippen molar-refractivity contribution in [2.45, 2.75) is 26.2 Å². The van der Waals surface area contributed by atoms with Gasteiger partial charge < -0.3 is 24.8 Å². The van der Waals surface area contributed by atoms with E-state index in [1.54, 1.807) is 0 Å². The molecular weight excluding hydrogens is 531 g/mol. The van der Waals surface area contributed by atoms with E-state index in [0.29, 0.717) is 0 Å². The minimum Gasteiger partial charge on any atom is -1.00 e. The summed E-state index contributed by atoms with van der Waals surface area (Å²) in [4.78, 5) is 0. The van der Waals surface area contributed by atoms with Crippen molar-refractivity contribution in [3.05, 3.63) is 108 Å². The zero-order valence-electron chi connectivity index (χ0n) is 18.3. The van der Waals surface area contributed by atoms with Crippen molar-refractivity contribution in [3.8, 4) is 0 Å². The van der Waals surface area contributed by atoms with Crippen LogP contribution in [-0.2, 0) is 26.2 Å². The predicted octanol–water partition coefficient (Wildman–Crippen LogP) is -0.0915. The van der Waals surface area contributed by atoms with E-state index in [0.717, 1.165) is 0 Å². The van der Waals surface area contributed by atoms with Crippen molar-refractivity contribution in [1.82, 2.24) is 0 Å². The normalized spacial score (nSPS) is 13.0. The summed E-state index contributed by atoms with van der Waals surface area (Å²) in [5.41, 5.74) is 4.99. The van der Waals surface area contributed by atoms with Gasteiger partial charge in [-0.1, -0.05) is 86.9 Å². The molecule has 4 rings (SSSR count). The standard InChI is InChI=1S/2C13H13Si.2ClH.Zr/c2*1-14(2)13-9-8-12(10-13)11-6-4-3-5-7-11;;;/h2*3-9H,1-2H3;2*1H;/q2*-1;;;+4/p-2. The summed E-state index contributed by atoms with van der Waals surface area (Å²) in [6.07, 6.45) is 15.7. The Labute approximate surface area is 222 Å². The largest absolute Gasteiger partial charge is 4.00 e. The van der Waals surface area contributed by atoms with Gasteiger partial charge in [0, 0.05) is 0 Å². The summed E-state index contributed by atoms with van der Waals surface area (Å²) in [6, 6.07) is 20.9. The van der Waals surface area contributed by atoms with E-state index in [9.17, 15) is 0 Å². The third-order valence-electron chi connectivity index (χ3n) is 4.62. The van der Waals surface area contributed by atoms with Gasteiger partial charge in [-0.3, -0.25) is 0 Å².